The molecule has 1 aliphatic rings. The van der Waals surface area contributed by atoms with Crippen molar-refractivity contribution in [3.05, 3.63) is 94.1 Å². The Morgan fingerprint density at radius 1 is 1.28 bits per heavy atom. The predicted molar refractivity (Wildman–Crippen MR) is 148 cm³/mol. The van der Waals surface area contributed by atoms with Crippen LogP contribution in [0.2, 0.25) is 5.02 Å². The van der Waals surface area contributed by atoms with Gasteiger partial charge in [0.2, 0.25) is 5.95 Å². The minimum absolute atomic E-state index is 0.0174. The quantitative estimate of drug-likeness (QED) is 0.159. The van der Waals surface area contributed by atoms with Crippen LogP contribution in [0.4, 0.5) is 16.0 Å². The first-order chi connectivity index (χ1) is 17.4. The highest BCUT2D eigenvalue weighted by Gasteiger charge is 2.20. The SMILES string of the molecule is Cc1cnc(Nc2ccc(F)cc2C2=IC2)nc1-c1c[nH]c(C(=O)NC(CO)c2cccc(Cl)c2)c1. The molecule has 3 heterocycles. The fourth-order valence-electron chi connectivity index (χ4n) is 3.80. The molecule has 1 unspecified atom stereocenters. The van der Waals surface area contributed by atoms with Gasteiger partial charge in [0.25, 0.3) is 5.91 Å². The van der Waals surface area contributed by atoms with E-state index in [1.807, 2.05) is 6.92 Å². The zero-order chi connectivity index (χ0) is 25.2. The largest absolute Gasteiger partial charge is 0.394 e. The molecule has 36 heavy (non-hydrogen) atoms. The molecule has 0 saturated carbocycles. The summed E-state index contributed by atoms with van der Waals surface area (Å²) in [6.45, 7) is 1.62. The standard InChI is InChI=1S/C26H22ClFIN5O2/c1-14-11-31-26(33-21-6-5-18(28)9-19(21)20-10-29-20)34-24(14)16-8-22(30-12-16)25(36)32-23(13-35)15-3-2-4-17(27)7-15/h2-9,11-12,23,30,35H,10,13H2,1H3,(H,32,36)(H,31,33,34). The van der Waals surface area contributed by atoms with Crippen molar-refractivity contribution in [3.8, 4) is 11.3 Å². The number of aliphatic hydroxyl groups excluding tert-OH is 1. The van der Waals surface area contributed by atoms with Crippen LogP contribution >= 0.6 is 32.3 Å². The number of benzene rings is 2. The summed E-state index contributed by atoms with van der Waals surface area (Å²) in [6, 6.07) is 12.8. The van der Waals surface area contributed by atoms with Gasteiger partial charge in [-0.3, -0.25) is 4.79 Å². The van der Waals surface area contributed by atoms with Crippen LogP contribution < -0.4 is 10.6 Å². The van der Waals surface area contributed by atoms with Crippen molar-refractivity contribution >= 4 is 53.4 Å². The van der Waals surface area contributed by atoms with Gasteiger partial charge in [0.15, 0.2) is 0 Å². The average molecular weight is 618 g/mol. The Kier molecular flexibility index (Phi) is 7.13. The zero-order valence-electron chi connectivity index (χ0n) is 19.1. The molecular weight excluding hydrogens is 596 g/mol. The van der Waals surface area contributed by atoms with Gasteiger partial charge in [0.1, 0.15) is 11.5 Å². The number of amides is 1. The molecule has 0 spiro atoms. The molecular formula is C26H22ClFIN5O2. The van der Waals surface area contributed by atoms with E-state index in [0.717, 1.165) is 21.2 Å². The number of carbonyl (C=O) groups is 1. The van der Waals surface area contributed by atoms with Gasteiger partial charge in [-0.25, -0.2) is 14.4 Å². The molecule has 0 radical (unpaired) electrons. The minimum atomic E-state index is -0.601. The number of alkyl halides is 1. The molecule has 0 saturated heterocycles. The number of aromatic amines is 1. The molecule has 5 rings (SSSR count). The van der Waals surface area contributed by atoms with E-state index < -0.39 is 6.04 Å². The lowest BCUT2D eigenvalue weighted by molar-refractivity contribution is 0.0911. The van der Waals surface area contributed by atoms with Gasteiger partial charge < -0.3 is 20.7 Å². The molecule has 2 aromatic carbocycles. The Labute approximate surface area is 221 Å². The van der Waals surface area contributed by atoms with Crippen molar-refractivity contribution in [2.24, 2.45) is 0 Å². The van der Waals surface area contributed by atoms with Gasteiger partial charge in [-0.15, -0.1) is 20.7 Å². The van der Waals surface area contributed by atoms with Gasteiger partial charge in [-0.05, 0) is 54.4 Å². The van der Waals surface area contributed by atoms with Crippen LogP contribution in [0.3, 0.4) is 0 Å². The molecule has 4 aromatic rings. The second-order valence-corrected chi connectivity index (χ2v) is 11.5. The highest BCUT2D eigenvalue weighted by Crippen LogP contribution is 2.32. The predicted octanol–water partition coefficient (Wildman–Crippen LogP) is 5.28. The van der Waals surface area contributed by atoms with Crippen molar-refractivity contribution < 1.29 is 14.3 Å². The molecule has 7 nitrogen and oxygen atoms in total. The Bertz CT molecular complexity index is 1490. The van der Waals surface area contributed by atoms with Crippen LogP contribution in [0.1, 0.15) is 33.2 Å². The number of aliphatic hydroxyl groups is 1. The lowest BCUT2D eigenvalue weighted by atomic mass is 10.1. The number of H-pyrrole nitrogens is 1. The summed E-state index contributed by atoms with van der Waals surface area (Å²) in [5.74, 6) is -0.246. The van der Waals surface area contributed by atoms with Crippen molar-refractivity contribution in [1.82, 2.24) is 20.3 Å². The van der Waals surface area contributed by atoms with Gasteiger partial charge >= 0.3 is 0 Å². The molecule has 1 aliphatic heterocycles. The fourth-order valence-corrected chi connectivity index (χ4v) is 5.46. The number of hydrogen-bond acceptors (Lipinski definition) is 5. The molecule has 10 heteroatoms. The van der Waals surface area contributed by atoms with Crippen LogP contribution in [0.25, 0.3) is 11.3 Å². The number of carbonyl (C=O) groups excluding carboxylic acids is 1. The number of nitrogens with zero attached hydrogens (tertiary/aromatic N) is 2. The van der Waals surface area contributed by atoms with E-state index >= 15 is 0 Å². The number of aromatic nitrogens is 3. The molecule has 1 amide bonds. The number of halogens is 3. The Morgan fingerprint density at radius 2 is 2.11 bits per heavy atom. The normalized spacial score (nSPS) is 13.4. The monoisotopic (exact) mass is 617 g/mol. The average Bonchev–Trinajstić information content (AvgIpc) is 3.60. The summed E-state index contributed by atoms with van der Waals surface area (Å²) in [5, 5.41) is 16.4. The molecule has 184 valence electrons. The van der Waals surface area contributed by atoms with Crippen LogP contribution in [0.5, 0.6) is 0 Å². The first kappa shape index (κ1) is 24.5. The van der Waals surface area contributed by atoms with E-state index in [1.165, 1.54) is 9.58 Å². The fraction of sp³-hybridized carbons (Fsp3) is 0.154. The molecule has 0 aliphatic carbocycles. The topological polar surface area (TPSA) is 103 Å². The van der Waals surface area contributed by atoms with Gasteiger partial charge in [0.05, 0.1) is 18.3 Å². The number of aryl methyl sites for hydroxylation is 1. The van der Waals surface area contributed by atoms with Crippen molar-refractivity contribution in [3.63, 3.8) is 0 Å². The summed E-state index contributed by atoms with van der Waals surface area (Å²) in [7, 11) is 0. The number of hydrogen-bond donors (Lipinski definition) is 4. The maximum absolute atomic E-state index is 13.8. The third-order valence-corrected chi connectivity index (χ3v) is 8.04. The van der Waals surface area contributed by atoms with Crippen LogP contribution in [0.15, 0.2) is 60.9 Å². The van der Waals surface area contributed by atoms with Crippen molar-refractivity contribution in [1.29, 1.82) is 0 Å². The van der Waals surface area contributed by atoms with Gasteiger partial charge in [0, 0.05) is 42.2 Å². The molecule has 0 fully saturated rings. The summed E-state index contributed by atoms with van der Waals surface area (Å²) >= 11 is 6.07. The smallest absolute Gasteiger partial charge is 0.268 e. The van der Waals surface area contributed by atoms with Gasteiger partial charge in [-0.1, -0.05) is 23.7 Å². The van der Waals surface area contributed by atoms with E-state index in [2.05, 4.69) is 25.6 Å². The van der Waals surface area contributed by atoms with Crippen LogP contribution in [-0.4, -0.2) is 40.5 Å². The summed E-state index contributed by atoms with van der Waals surface area (Å²) in [5.41, 5.74) is 4.92. The maximum atomic E-state index is 13.8. The number of rotatable bonds is 8. The zero-order valence-corrected chi connectivity index (χ0v) is 22.1. The third-order valence-electron chi connectivity index (χ3n) is 5.70. The highest BCUT2D eigenvalue weighted by molar-refractivity contribution is 14.2. The molecule has 0 bridgehead atoms. The van der Waals surface area contributed by atoms with Crippen LogP contribution in [0, 0.1) is 12.7 Å². The second kappa shape index (κ2) is 10.5. The Hall–Kier alpha value is -3.15. The van der Waals surface area contributed by atoms with E-state index in [-0.39, 0.29) is 39.1 Å². The summed E-state index contributed by atoms with van der Waals surface area (Å²) < 4.78 is 16.2. The van der Waals surface area contributed by atoms with Crippen LogP contribution in [-0.2, 0) is 0 Å². The molecule has 1 atom stereocenters. The van der Waals surface area contributed by atoms with E-state index in [0.29, 0.717) is 33.5 Å². The second-order valence-electron chi connectivity index (χ2n) is 8.28. The van der Waals surface area contributed by atoms with Crippen molar-refractivity contribution in [2.45, 2.75) is 13.0 Å². The Morgan fingerprint density at radius 3 is 2.86 bits per heavy atom. The molecule has 2 aromatic heterocycles. The third kappa shape index (κ3) is 5.48. The Balaban J connectivity index is 1.36. The summed E-state index contributed by atoms with van der Waals surface area (Å²) in [4.78, 5) is 24.9. The van der Waals surface area contributed by atoms with E-state index in [9.17, 15) is 14.3 Å². The van der Waals surface area contributed by atoms with E-state index in [1.54, 1.807) is 54.9 Å². The maximum Gasteiger partial charge on any atom is 0.268 e. The summed E-state index contributed by atoms with van der Waals surface area (Å²) in [6.07, 6.45) is 3.41. The first-order valence-electron chi connectivity index (χ1n) is 11.1. The first-order valence-corrected chi connectivity index (χ1v) is 14.1. The lowest BCUT2D eigenvalue weighted by Crippen LogP contribution is -2.31. The minimum Gasteiger partial charge on any atom is -0.394 e. The van der Waals surface area contributed by atoms with Crippen molar-refractivity contribution in [2.75, 3.05) is 16.4 Å². The van der Waals surface area contributed by atoms with E-state index in [4.69, 9.17) is 11.6 Å². The molecule has 4 N–H and O–H groups in total. The lowest BCUT2D eigenvalue weighted by Gasteiger charge is -2.16. The highest BCUT2D eigenvalue weighted by atomic mass is 127. The number of nitrogens with one attached hydrogen (secondary N) is 3. The van der Waals surface area contributed by atoms with Gasteiger partial charge in [-0.2, -0.15) is 0 Å². The number of anilines is 2.